The number of nitrogens with zero attached hydrogens (tertiary/aromatic N) is 1. The van der Waals surface area contributed by atoms with Gasteiger partial charge in [0.15, 0.2) is 5.58 Å². The molecule has 1 heterocycles. The summed E-state index contributed by atoms with van der Waals surface area (Å²) in [7, 11) is -3.03. The van der Waals surface area contributed by atoms with Crippen molar-refractivity contribution in [2.24, 2.45) is 0 Å². The minimum atomic E-state index is -4.51. The Labute approximate surface area is 202 Å². The SMILES string of the molecule is COc1ccc(C(=O)N(c2cc3sc(=O)oc3c3ccccc23)S(=O)(=O)c2ccc(F)cc2)cc1. The Hall–Kier alpha value is -4.02. The molecular formula is C25H16FNO6S2. The molecule has 0 saturated heterocycles. The number of methoxy groups -OCH3 is 1. The van der Waals surface area contributed by atoms with Crippen molar-refractivity contribution in [1.82, 2.24) is 0 Å². The molecule has 7 nitrogen and oxygen atoms in total. The van der Waals surface area contributed by atoms with Crippen molar-refractivity contribution in [3.63, 3.8) is 0 Å². The zero-order valence-corrected chi connectivity index (χ0v) is 19.7. The number of ether oxygens (including phenoxy) is 1. The van der Waals surface area contributed by atoms with Crippen LogP contribution in [-0.4, -0.2) is 21.4 Å². The van der Waals surface area contributed by atoms with Crippen LogP contribution >= 0.6 is 11.3 Å². The average molecular weight is 510 g/mol. The third-order valence-electron chi connectivity index (χ3n) is 5.41. The van der Waals surface area contributed by atoms with Gasteiger partial charge < -0.3 is 9.15 Å². The van der Waals surface area contributed by atoms with Crippen molar-refractivity contribution in [2.75, 3.05) is 11.4 Å². The van der Waals surface area contributed by atoms with Crippen LogP contribution in [0.1, 0.15) is 10.4 Å². The van der Waals surface area contributed by atoms with Crippen molar-refractivity contribution < 1.29 is 26.8 Å². The molecule has 0 atom stereocenters. The smallest absolute Gasteiger partial charge is 0.396 e. The van der Waals surface area contributed by atoms with E-state index in [0.717, 1.165) is 35.6 Å². The van der Waals surface area contributed by atoms with Crippen LogP contribution in [0.5, 0.6) is 5.75 Å². The summed E-state index contributed by atoms with van der Waals surface area (Å²) in [5, 5.41) is 0.856. The number of hydrogen-bond acceptors (Lipinski definition) is 7. The van der Waals surface area contributed by atoms with Crippen LogP contribution in [0.3, 0.4) is 0 Å². The van der Waals surface area contributed by atoms with Gasteiger partial charge in [-0.1, -0.05) is 35.6 Å². The summed E-state index contributed by atoms with van der Waals surface area (Å²) >= 11 is 0.798. The average Bonchev–Trinajstić information content (AvgIpc) is 3.24. The zero-order chi connectivity index (χ0) is 24.7. The van der Waals surface area contributed by atoms with Crippen LogP contribution in [-0.2, 0) is 10.0 Å². The summed E-state index contributed by atoms with van der Waals surface area (Å²) in [4.78, 5) is 24.9. The topological polar surface area (TPSA) is 93.9 Å². The second-order valence-corrected chi connectivity index (χ2v) is 10.2. The maximum absolute atomic E-state index is 13.8. The number of benzene rings is 4. The molecule has 5 aromatic rings. The Kier molecular flexibility index (Phi) is 5.62. The zero-order valence-electron chi connectivity index (χ0n) is 18.1. The predicted molar refractivity (Wildman–Crippen MR) is 131 cm³/mol. The summed E-state index contributed by atoms with van der Waals surface area (Å²) in [5.74, 6) is -0.964. The Morgan fingerprint density at radius 2 is 1.63 bits per heavy atom. The van der Waals surface area contributed by atoms with Crippen molar-refractivity contribution in [3.8, 4) is 5.75 Å². The summed E-state index contributed by atoms with van der Waals surface area (Å²) in [6.07, 6.45) is 0. The fourth-order valence-electron chi connectivity index (χ4n) is 3.76. The molecule has 1 aromatic heterocycles. The quantitative estimate of drug-likeness (QED) is 0.324. The number of amides is 1. The van der Waals surface area contributed by atoms with E-state index in [1.807, 2.05) is 0 Å². The van der Waals surface area contributed by atoms with E-state index in [0.29, 0.717) is 31.1 Å². The number of anilines is 1. The van der Waals surface area contributed by atoms with Crippen LogP contribution in [0.25, 0.3) is 21.1 Å². The van der Waals surface area contributed by atoms with Crippen LogP contribution < -0.4 is 14.0 Å². The van der Waals surface area contributed by atoms with Crippen LogP contribution in [0.2, 0.25) is 0 Å². The Balaban J connectivity index is 1.81. The molecule has 5 rings (SSSR count). The van der Waals surface area contributed by atoms with Gasteiger partial charge in [-0.3, -0.25) is 4.79 Å². The van der Waals surface area contributed by atoms with Gasteiger partial charge in [-0.05, 0) is 54.6 Å². The largest absolute Gasteiger partial charge is 0.497 e. The number of halogens is 1. The van der Waals surface area contributed by atoms with Gasteiger partial charge in [0.1, 0.15) is 11.6 Å². The maximum Gasteiger partial charge on any atom is 0.396 e. The molecule has 0 aliphatic rings. The van der Waals surface area contributed by atoms with Gasteiger partial charge in [0.2, 0.25) is 0 Å². The van der Waals surface area contributed by atoms with Crippen LogP contribution in [0, 0.1) is 5.82 Å². The fraction of sp³-hybridized carbons (Fsp3) is 0.0400. The highest BCUT2D eigenvalue weighted by molar-refractivity contribution is 7.93. The normalized spacial score (nSPS) is 11.6. The van der Waals surface area contributed by atoms with Crippen molar-refractivity contribution in [3.05, 3.63) is 100.0 Å². The molecule has 0 unspecified atom stereocenters. The minimum absolute atomic E-state index is 0.0373. The Bertz CT molecular complexity index is 1740. The van der Waals surface area contributed by atoms with Gasteiger partial charge >= 0.3 is 4.94 Å². The molecule has 0 N–H and O–H groups in total. The first-order chi connectivity index (χ1) is 16.8. The minimum Gasteiger partial charge on any atom is -0.497 e. The number of rotatable bonds is 5. The molecular weight excluding hydrogens is 493 g/mol. The number of fused-ring (bicyclic) bond motifs is 3. The van der Waals surface area contributed by atoms with Crippen LogP contribution in [0.15, 0.2) is 93.0 Å². The van der Waals surface area contributed by atoms with E-state index in [4.69, 9.17) is 9.15 Å². The lowest BCUT2D eigenvalue weighted by Crippen LogP contribution is -2.37. The number of sulfonamides is 1. The lowest BCUT2D eigenvalue weighted by atomic mass is 10.1. The standard InChI is InChI=1S/C25H16FNO6S2/c1-32-17-10-6-15(7-11-17)24(28)27(35(30,31)18-12-8-16(26)9-13-18)21-14-22-23(33-25(29)34-22)20-5-3-2-4-19(20)21/h2-14H,1H3. The first kappa shape index (κ1) is 22.8. The van der Waals surface area contributed by atoms with Gasteiger partial charge in [-0.15, -0.1) is 0 Å². The second-order valence-electron chi connectivity index (χ2n) is 7.48. The number of carbonyl (C=O) groups excluding carboxylic acids is 1. The summed E-state index contributed by atoms with van der Waals surface area (Å²) in [5.41, 5.74) is 0.423. The van der Waals surface area contributed by atoms with Gasteiger partial charge in [0.05, 0.1) is 22.4 Å². The molecule has 176 valence electrons. The molecule has 35 heavy (non-hydrogen) atoms. The summed E-state index contributed by atoms with van der Waals surface area (Å²) < 4.78 is 52.8. The van der Waals surface area contributed by atoms with Crippen molar-refractivity contribution in [1.29, 1.82) is 0 Å². The summed E-state index contributed by atoms with van der Waals surface area (Å²) in [6.45, 7) is 0. The van der Waals surface area contributed by atoms with Gasteiger partial charge in [0.25, 0.3) is 15.9 Å². The van der Waals surface area contributed by atoms with Crippen molar-refractivity contribution in [2.45, 2.75) is 4.90 Å². The summed E-state index contributed by atoms with van der Waals surface area (Å²) in [6, 6.07) is 18.3. The Morgan fingerprint density at radius 1 is 0.971 bits per heavy atom. The monoisotopic (exact) mass is 509 g/mol. The molecule has 0 radical (unpaired) electrons. The van der Waals surface area contributed by atoms with E-state index >= 15 is 0 Å². The number of hydrogen-bond donors (Lipinski definition) is 0. The molecule has 0 saturated carbocycles. The van der Waals surface area contributed by atoms with E-state index in [1.165, 1.54) is 25.3 Å². The number of carbonyl (C=O) groups is 1. The van der Waals surface area contributed by atoms with E-state index in [-0.39, 0.29) is 16.1 Å². The van der Waals surface area contributed by atoms with Gasteiger partial charge in [-0.25, -0.2) is 17.6 Å². The lowest BCUT2D eigenvalue weighted by Gasteiger charge is -2.24. The molecule has 0 bridgehead atoms. The van der Waals surface area contributed by atoms with E-state index in [2.05, 4.69) is 0 Å². The molecule has 4 aromatic carbocycles. The lowest BCUT2D eigenvalue weighted by molar-refractivity contribution is 0.101. The highest BCUT2D eigenvalue weighted by Gasteiger charge is 2.34. The molecule has 0 aliphatic carbocycles. The molecule has 0 aliphatic heterocycles. The third-order valence-corrected chi connectivity index (χ3v) is 7.89. The highest BCUT2D eigenvalue weighted by atomic mass is 32.2. The second kappa shape index (κ2) is 8.64. The predicted octanol–water partition coefficient (Wildman–Crippen LogP) is 5.19. The molecule has 0 fully saturated rings. The maximum atomic E-state index is 13.8. The van der Waals surface area contributed by atoms with Crippen molar-refractivity contribution >= 4 is 54.0 Å². The van der Waals surface area contributed by atoms with E-state index in [9.17, 15) is 22.4 Å². The highest BCUT2D eigenvalue weighted by Crippen LogP contribution is 2.38. The third kappa shape index (κ3) is 3.96. The molecule has 1 amide bonds. The fourth-order valence-corrected chi connectivity index (χ4v) is 5.90. The van der Waals surface area contributed by atoms with E-state index < -0.39 is 26.7 Å². The molecule has 10 heteroatoms. The van der Waals surface area contributed by atoms with Gasteiger partial charge in [-0.2, -0.15) is 4.31 Å². The first-order valence-corrected chi connectivity index (χ1v) is 12.5. The Morgan fingerprint density at radius 3 is 2.29 bits per heavy atom. The van der Waals surface area contributed by atoms with Gasteiger partial charge in [0, 0.05) is 16.3 Å². The molecule has 0 spiro atoms. The van der Waals surface area contributed by atoms with Crippen LogP contribution in [0.4, 0.5) is 10.1 Å². The van der Waals surface area contributed by atoms with E-state index in [1.54, 1.807) is 36.4 Å². The first-order valence-electron chi connectivity index (χ1n) is 10.2.